The minimum Gasteiger partial charge on any atom is -0.481 e. The van der Waals surface area contributed by atoms with Gasteiger partial charge in [-0.05, 0) is 46.3 Å². The number of halogens is 4. The van der Waals surface area contributed by atoms with Gasteiger partial charge in [0.25, 0.3) is 5.91 Å². The van der Waals surface area contributed by atoms with E-state index in [1.54, 1.807) is 12.1 Å². The van der Waals surface area contributed by atoms with E-state index in [4.69, 9.17) is 27.9 Å². The number of anilines is 1. The normalized spacial score (nSPS) is 10.3. The van der Waals surface area contributed by atoms with Crippen molar-refractivity contribution in [1.29, 1.82) is 0 Å². The summed E-state index contributed by atoms with van der Waals surface area (Å²) < 4.78 is 18.9. The number of carbonyl (C=O) groups excluding carboxylic acids is 1. The van der Waals surface area contributed by atoms with Gasteiger partial charge in [0, 0.05) is 10.7 Å². The van der Waals surface area contributed by atoms with Crippen LogP contribution in [0.5, 0.6) is 5.75 Å². The number of rotatable bonds is 4. The molecule has 0 aliphatic carbocycles. The molecule has 0 fully saturated rings. The van der Waals surface area contributed by atoms with E-state index >= 15 is 0 Å². The summed E-state index contributed by atoms with van der Waals surface area (Å²) in [6.45, 7) is -0.267. The number of ether oxygens (including phenoxy) is 1. The highest BCUT2D eigenvalue weighted by atomic mass is 79.9. The lowest BCUT2D eigenvalue weighted by Crippen LogP contribution is -2.20. The molecule has 21 heavy (non-hydrogen) atoms. The SMILES string of the molecule is O=C(COc1c(Cl)cc(Cl)cc1Br)Nc1cccc(F)c1. The van der Waals surface area contributed by atoms with Crippen molar-refractivity contribution in [2.45, 2.75) is 0 Å². The number of hydrogen-bond donors (Lipinski definition) is 1. The predicted octanol–water partition coefficient (Wildman–Crippen LogP) is 4.91. The maximum Gasteiger partial charge on any atom is 0.262 e. The Kier molecular flexibility index (Phi) is 5.45. The smallest absolute Gasteiger partial charge is 0.262 e. The molecule has 2 rings (SSSR count). The number of amides is 1. The second-order valence-electron chi connectivity index (χ2n) is 4.05. The summed E-state index contributed by atoms with van der Waals surface area (Å²) >= 11 is 15.0. The van der Waals surface area contributed by atoms with Gasteiger partial charge in [-0.2, -0.15) is 0 Å². The predicted molar refractivity (Wildman–Crippen MR) is 84.7 cm³/mol. The molecule has 0 heterocycles. The Balaban J connectivity index is 1.99. The van der Waals surface area contributed by atoms with Crippen molar-refractivity contribution in [3.63, 3.8) is 0 Å². The van der Waals surface area contributed by atoms with E-state index in [2.05, 4.69) is 21.2 Å². The number of carbonyl (C=O) groups is 1. The van der Waals surface area contributed by atoms with Gasteiger partial charge in [0.2, 0.25) is 0 Å². The van der Waals surface area contributed by atoms with E-state index in [0.29, 0.717) is 20.9 Å². The molecule has 0 spiro atoms. The van der Waals surface area contributed by atoms with Crippen molar-refractivity contribution >= 4 is 50.7 Å². The van der Waals surface area contributed by atoms with E-state index < -0.39 is 11.7 Å². The van der Waals surface area contributed by atoms with Gasteiger partial charge >= 0.3 is 0 Å². The first-order valence-electron chi connectivity index (χ1n) is 5.78. The molecule has 0 atom stereocenters. The summed E-state index contributed by atoms with van der Waals surface area (Å²) in [4.78, 5) is 11.7. The maximum atomic E-state index is 13.0. The van der Waals surface area contributed by atoms with E-state index in [9.17, 15) is 9.18 Å². The van der Waals surface area contributed by atoms with Crippen molar-refractivity contribution in [2.75, 3.05) is 11.9 Å². The summed E-state index contributed by atoms with van der Waals surface area (Å²) in [7, 11) is 0. The van der Waals surface area contributed by atoms with Crippen LogP contribution in [0.25, 0.3) is 0 Å². The van der Waals surface area contributed by atoms with Crippen molar-refractivity contribution < 1.29 is 13.9 Å². The number of nitrogens with one attached hydrogen (secondary N) is 1. The summed E-state index contributed by atoms with van der Waals surface area (Å²) in [6, 6.07) is 8.69. The maximum absolute atomic E-state index is 13.0. The van der Waals surface area contributed by atoms with Crippen LogP contribution in [0, 0.1) is 5.82 Å². The van der Waals surface area contributed by atoms with E-state index in [0.717, 1.165) is 0 Å². The largest absolute Gasteiger partial charge is 0.481 e. The standard InChI is InChI=1S/C14H9BrCl2FNO2/c15-11-4-8(16)5-12(17)14(11)21-7-13(20)19-10-3-1-2-9(18)6-10/h1-6H,7H2,(H,19,20). The highest BCUT2D eigenvalue weighted by molar-refractivity contribution is 9.10. The molecule has 1 N–H and O–H groups in total. The van der Waals surface area contributed by atoms with Crippen LogP contribution in [-0.2, 0) is 4.79 Å². The van der Waals surface area contributed by atoms with Crippen LogP contribution in [-0.4, -0.2) is 12.5 Å². The molecule has 2 aromatic carbocycles. The second-order valence-corrected chi connectivity index (χ2v) is 5.74. The van der Waals surface area contributed by atoms with Crippen molar-refractivity contribution in [2.24, 2.45) is 0 Å². The molecule has 0 radical (unpaired) electrons. The van der Waals surface area contributed by atoms with Gasteiger partial charge in [0.15, 0.2) is 12.4 Å². The average Bonchev–Trinajstić information content (AvgIpc) is 2.37. The summed E-state index contributed by atoms with van der Waals surface area (Å²) in [6.07, 6.45) is 0. The Morgan fingerprint density at radius 3 is 2.71 bits per heavy atom. The first kappa shape index (κ1) is 16.1. The van der Waals surface area contributed by atoms with Crippen LogP contribution >= 0.6 is 39.1 Å². The first-order chi connectivity index (χ1) is 9.95. The minimum atomic E-state index is -0.433. The third-order valence-corrected chi connectivity index (χ3v) is 3.51. The second kappa shape index (κ2) is 7.11. The zero-order chi connectivity index (χ0) is 15.4. The molecule has 0 aromatic heterocycles. The zero-order valence-corrected chi connectivity index (χ0v) is 13.6. The monoisotopic (exact) mass is 391 g/mol. The number of hydrogen-bond acceptors (Lipinski definition) is 2. The van der Waals surface area contributed by atoms with Gasteiger partial charge in [0.1, 0.15) is 5.82 Å². The van der Waals surface area contributed by atoms with E-state index in [1.165, 1.54) is 24.3 Å². The minimum absolute atomic E-state index is 0.267. The Hall–Kier alpha value is -1.30. The molecule has 0 saturated carbocycles. The van der Waals surface area contributed by atoms with E-state index in [-0.39, 0.29) is 11.6 Å². The summed E-state index contributed by atoms with van der Waals surface area (Å²) in [5, 5.41) is 3.25. The Labute approximate surface area is 139 Å². The average molecular weight is 393 g/mol. The fourth-order valence-electron chi connectivity index (χ4n) is 1.57. The first-order valence-corrected chi connectivity index (χ1v) is 7.33. The van der Waals surface area contributed by atoms with Crippen molar-refractivity contribution in [3.8, 4) is 5.75 Å². The molecule has 3 nitrogen and oxygen atoms in total. The van der Waals surface area contributed by atoms with Crippen LogP contribution in [0.1, 0.15) is 0 Å². The quantitative estimate of drug-likeness (QED) is 0.802. The molecule has 110 valence electrons. The van der Waals surface area contributed by atoms with Crippen molar-refractivity contribution in [3.05, 3.63) is 56.7 Å². The van der Waals surface area contributed by atoms with Gasteiger partial charge in [-0.3, -0.25) is 4.79 Å². The van der Waals surface area contributed by atoms with Crippen LogP contribution in [0.2, 0.25) is 10.0 Å². The molecule has 0 bridgehead atoms. The topological polar surface area (TPSA) is 38.3 Å². The highest BCUT2D eigenvalue weighted by Gasteiger charge is 2.11. The van der Waals surface area contributed by atoms with Crippen LogP contribution in [0.15, 0.2) is 40.9 Å². The molecule has 0 aliphatic heterocycles. The lowest BCUT2D eigenvalue weighted by molar-refractivity contribution is -0.118. The molecule has 1 amide bonds. The molecule has 0 saturated heterocycles. The van der Waals surface area contributed by atoms with Crippen LogP contribution in [0.3, 0.4) is 0 Å². The molecule has 2 aromatic rings. The third-order valence-electron chi connectivity index (χ3n) is 2.42. The Bertz CT molecular complexity index is 659. The molecule has 0 unspecified atom stereocenters. The zero-order valence-electron chi connectivity index (χ0n) is 10.5. The third kappa shape index (κ3) is 4.59. The lowest BCUT2D eigenvalue weighted by atomic mass is 10.3. The van der Waals surface area contributed by atoms with Crippen LogP contribution in [0.4, 0.5) is 10.1 Å². The van der Waals surface area contributed by atoms with Gasteiger partial charge < -0.3 is 10.1 Å². The van der Waals surface area contributed by atoms with Gasteiger partial charge in [-0.15, -0.1) is 0 Å². The molecule has 0 aliphatic rings. The molecule has 7 heteroatoms. The van der Waals surface area contributed by atoms with Gasteiger partial charge in [-0.1, -0.05) is 29.3 Å². The summed E-state index contributed by atoms with van der Waals surface area (Å²) in [5.41, 5.74) is 0.352. The Morgan fingerprint density at radius 2 is 2.05 bits per heavy atom. The fraction of sp³-hybridized carbons (Fsp3) is 0.0714. The summed E-state index contributed by atoms with van der Waals surface area (Å²) in [5.74, 6) is -0.550. The van der Waals surface area contributed by atoms with Gasteiger partial charge in [-0.25, -0.2) is 4.39 Å². The van der Waals surface area contributed by atoms with Crippen molar-refractivity contribution in [1.82, 2.24) is 0 Å². The molecular weight excluding hydrogens is 384 g/mol. The van der Waals surface area contributed by atoms with E-state index in [1.807, 2.05) is 0 Å². The molecular formula is C14H9BrCl2FNO2. The number of benzene rings is 2. The fourth-order valence-corrected chi connectivity index (χ4v) is 2.94. The highest BCUT2D eigenvalue weighted by Crippen LogP contribution is 2.35. The van der Waals surface area contributed by atoms with Crippen LogP contribution < -0.4 is 10.1 Å². The lowest BCUT2D eigenvalue weighted by Gasteiger charge is -2.11. The van der Waals surface area contributed by atoms with Gasteiger partial charge in [0.05, 0.1) is 9.50 Å². The Morgan fingerprint density at radius 1 is 1.29 bits per heavy atom.